The summed E-state index contributed by atoms with van der Waals surface area (Å²) in [4.78, 5) is 6.82. The summed E-state index contributed by atoms with van der Waals surface area (Å²) in [6, 6.07) is 10.6. The van der Waals surface area contributed by atoms with Gasteiger partial charge < -0.3 is 10.2 Å². The minimum Gasteiger partial charge on any atom is -0.329 e. The van der Waals surface area contributed by atoms with Gasteiger partial charge in [0, 0.05) is 25.5 Å². The molecule has 0 aliphatic carbocycles. The molecule has 0 aliphatic rings. The van der Waals surface area contributed by atoms with Gasteiger partial charge in [0.1, 0.15) is 5.82 Å². The molecule has 1 aromatic heterocycles. The number of rotatable bonds is 6. The molecule has 2 aromatic rings. The Hall–Kier alpha value is -1.87. The summed E-state index contributed by atoms with van der Waals surface area (Å²) < 4.78 is 0. The lowest BCUT2D eigenvalue weighted by atomic mass is 10.1. The Balaban J connectivity index is 2.19. The molecule has 0 saturated carbocycles. The summed E-state index contributed by atoms with van der Waals surface area (Å²) in [7, 11) is 2.08. The Kier molecular flexibility index (Phi) is 5.34. The van der Waals surface area contributed by atoms with Crippen LogP contribution in [-0.4, -0.2) is 18.6 Å². The number of anilines is 2. The molecule has 2 rings (SSSR count). The minimum absolute atomic E-state index is 0.885. The zero-order chi connectivity index (χ0) is 15.2. The van der Waals surface area contributed by atoms with Crippen LogP contribution >= 0.6 is 0 Å². The summed E-state index contributed by atoms with van der Waals surface area (Å²) in [6.45, 7) is 8.36. The van der Waals surface area contributed by atoms with Gasteiger partial charge in [0.25, 0.3) is 0 Å². The van der Waals surface area contributed by atoms with Gasteiger partial charge in [-0.05, 0) is 55.6 Å². The predicted octanol–water partition coefficient (Wildman–Crippen LogP) is 3.97. The number of nitrogens with zero attached hydrogens (tertiary/aromatic N) is 2. The van der Waals surface area contributed by atoms with E-state index in [0.717, 1.165) is 25.3 Å². The molecule has 0 unspecified atom stereocenters. The third-order valence-corrected chi connectivity index (χ3v) is 3.66. The van der Waals surface area contributed by atoms with E-state index in [9.17, 15) is 0 Å². The fourth-order valence-corrected chi connectivity index (χ4v) is 2.54. The van der Waals surface area contributed by atoms with Crippen LogP contribution < -0.4 is 10.2 Å². The molecule has 0 spiro atoms. The number of hydrogen-bond donors (Lipinski definition) is 1. The maximum Gasteiger partial charge on any atom is 0.135 e. The normalized spacial score (nSPS) is 10.7. The lowest BCUT2D eigenvalue weighted by molar-refractivity contribution is 0.673. The van der Waals surface area contributed by atoms with Gasteiger partial charge in [0.2, 0.25) is 0 Å². The van der Waals surface area contributed by atoms with E-state index in [0.29, 0.717) is 0 Å². The summed E-state index contributed by atoms with van der Waals surface area (Å²) >= 11 is 0. The number of para-hydroxylation sites is 1. The zero-order valence-electron chi connectivity index (χ0n) is 13.5. The van der Waals surface area contributed by atoms with Crippen molar-refractivity contribution in [1.29, 1.82) is 0 Å². The standard InChI is InChI=1S/C18H25N3/c1-5-10-19-12-16-11-15(3)18(20-13-16)21(4)17-9-7-6-8-14(17)2/h6-9,11,13,19H,5,10,12H2,1-4H3. The number of pyridine rings is 1. The van der Waals surface area contributed by atoms with E-state index in [-0.39, 0.29) is 0 Å². The van der Waals surface area contributed by atoms with Gasteiger partial charge in [-0.2, -0.15) is 0 Å². The average molecular weight is 283 g/mol. The van der Waals surface area contributed by atoms with Gasteiger partial charge in [-0.15, -0.1) is 0 Å². The summed E-state index contributed by atoms with van der Waals surface area (Å²) in [5.74, 6) is 1.02. The molecule has 0 radical (unpaired) electrons. The highest BCUT2D eigenvalue weighted by Crippen LogP contribution is 2.27. The smallest absolute Gasteiger partial charge is 0.135 e. The molecule has 0 fully saturated rings. The monoisotopic (exact) mass is 283 g/mol. The summed E-state index contributed by atoms with van der Waals surface area (Å²) in [5, 5.41) is 3.41. The Morgan fingerprint density at radius 3 is 2.57 bits per heavy atom. The Morgan fingerprint density at radius 2 is 1.90 bits per heavy atom. The summed E-state index contributed by atoms with van der Waals surface area (Å²) in [5.41, 5.74) is 4.90. The SMILES string of the molecule is CCCNCc1cnc(N(C)c2ccccc2C)c(C)c1. The minimum atomic E-state index is 0.885. The van der Waals surface area contributed by atoms with Crippen LogP contribution in [0.25, 0.3) is 0 Å². The molecule has 0 saturated heterocycles. The van der Waals surface area contributed by atoms with Crippen molar-refractivity contribution in [1.82, 2.24) is 10.3 Å². The molecule has 21 heavy (non-hydrogen) atoms. The van der Waals surface area contributed by atoms with Gasteiger partial charge in [0.05, 0.1) is 0 Å². The van der Waals surface area contributed by atoms with Crippen LogP contribution in [0.3, 0.4) is 0 Å². The molecule has 112 valence electrons. The molecular formula is C18H25N3. The molecule has 0 aliphatic heterocycles. The highest BCUT2D eigenvalue weighted by atomic mass is 15.2. The van der Waals surface area contributed by atoms with Crippen LogP contribution in [0.15, 0.2) is 36.5 Å². The highest BCUT2D eigenvalue weighted by Gasteiger charge is 2.10. The van der Waals surface area contributed by atoms with E-state index in [1.165, 1.54) is 22.4 Å². The first kappa shape index (κ1) is 15.5. The first-order valence-electron chi connectivity index (χ1n) is 7.59. The van der Waals surface area contributed by atoms with Gasteiger partial charge in [-0.3, -0.25) is 0 Å². The van der Waals surface area contributed by atoms with Crippen molar-refractivity contribution < 1.29 is 0 Å². The molecule has 0 bridgehead atoms. The molecule has 3 heteroatoms. The van der Waals surface area contributed by atoms with Crippen LogP contribution in [-0.2, 0) is 6.54 Å². The van der Waals surface area contributed by atoms with Crippen molar-refractivity contribution in [2.45, 2.75) is 33.7 Å². The second-order valence-corrected chi connectivity index (χ2v) is 5.51. The van der Waals surface area contributed by atoms with Crippen LogP contribution in [0.4, 0.5) is 11.5 Å². The third kappa shape index (κ3) is 3.82. The van der Waals surface area contributed by atoms with Crippen LogP contribution in [0, 0.1) is 13.8 Å². The predicted molar refractivity (Wildman–Crippen MR) is 90.2 cm³/mol. The molecule has 1 N–H and O–H groups in total. The maximum absolute atomic E-state index is 4.66. The maximum atomic E-state index is 4.66. The first-order valence-corrected chi connectivity index (χ1v) is 7.59. The molecule has 1 heterocycles. The molecule has 0 atom stereocenters. The third-order valence-electron chi connectivity index (χ3n) is 3.66. The van der Waals surface area contributed by atoms with Crippen molar-refractivity contribution in [2.24, 2.45) is 0 Å². The van der Waals surface area contributed by atoms with E-state index in [4.69, 9.17) is 0 Å². The fourth-order valence-electron chi connectivity index (χ4n) is 2.54. The van der Waals surface area contributed by atoms with Crippen molar-refractivity contribution in [2.75, 3.05) is 18.5 Å². The first-order chi connectivity index (χ1) is 10.1. The highest BCUT2D eigenvalue weighted by molar-refractivity contribution is 5.65. The fraction of sp³-hybridized carbons (Fsp3) is 0.389. The Morgan fingerprint density at radius 1 is 1.14 bits per heavy atom. The van der Waals surface area contributed by atoms with Gasteiger partial charge in [-0.25, -0.2) is 4.98 Å². The van der Waals surface area contributed by atoms with Crippen LogP contribution in [0.5, 0.6) is 0 Å². The molecular weight excluding hydrogens is 258 g/mol. The number of benzene rings is 1. The topological polar surface area (TPSA) is 28.2 Å². The van der Waals surface area contributed by atoms with Crippen molar-refractivity contribution >= 4 is 11.5 Å². The zero-order valence-corrected chi connectivity index (χ0v) is 13.5. The van der Waals surface area contributed by atoms with Crippen molar-refractivity contribution in [3.8, 4) is 0 Å². The second-order valence-electron chi connectivity index (χ2n) is 5.51. The van der Waals surface area contributed by atoms with Crippen LogP contribution in [0.1, 0.15) is 30.0 Å². The Labute approximate surface area is 128 Å². The van der Waals surface area contributed by atoms with E-state index in [1.54, 1.807) is 0 Å². The summed E-state index contributed by atoms with van der Waals surface area (Å²) in [6.07, 6.45) is 3.13. The Bertz CT molecular complexity index is 593. The number of nitrogens with one attached hydrogen (secondary N) is 1. The van der Waals surface area contributed by atoms with E-state index in [1.807, 2.05) is 6.20 Å². The van der Waals surface area contributed by atoms with Crippen molar-refractivity contribution in [3.05, 3.63) is 53.2 Å². The van der Waals surface area contributed by atoms with E-state index in [2.05, 4.69) is 73.4 Å². The molecule has 1 aromatic carbocycles. The largest absolute Gasteiger partial charge is 0.329 e. The van der Waals surface area contributed by atoms with Gasteiger partial charge in [0.15, 0.2) is 0 Å². The molecule has 3 nitrogen and oxygen atoms in total. The van der Waals surface area contributed by atoms with E-state index < -0.39 is 0 Å². The van der Waals surface area contributed by atoms with Gasteiger partial charge in [-0.1, -0.05) is 25.1 Å². The number of aromatic nitrogens is 1. The van der Waals surface area contributed by atoms with Gasteiger partial charge >= 0.3 is 0 Å². The lowest BCUT2D eigenvalue weighted by Crippen LogP contribution is -2.16. The van der Waals surface area contributed by atoms with Crippen LogP contribution in [0.2, 0.25) is 0 Å². The van der Waals surface area contributed by atoms with Crippen molar-refractivity contribution in [3.63, 3.8) is 0 Å². The molecule has 0 amide bonds. The lowest BCUT2D eigenvalue weighted by Gasteiger charge is -2.22. The average Bonchev–Trinajstić information content (AvgIpc) is 2.47. The second kappa shape index (κ2) is 7.23. The van der Waals surface area contributed by atoms with E-state index >= 15 is 0 Å². The quantitative estimate of drug-likeness (QED) is 0.813. The number of aryl methyl sites for hydroxylation is 2. The number of hydrogen-bond acceptors (Lipinski definition) is 3.